The molecule has 2 heterocycles. The SMILES string of the molecule is CCCCCCCC(=O)OCC1(C#CCl)O[C@@H](n2ccc(N)nc2=O)[C@H](F)[C@@H]1OC(=O)CCCCCCC. The first-order valence-electron chi connectivity index (χ1n) is 13.4. The summed E-state index contributed by atoms with van der Waals surface area (Å²) in [6, 6.07) is 1.31. The first-order chi connectivity index (χ1) is 18.3. The fraction of sp³-hybridized carbons (Fsp3) is 0.704. The van der Waals surface area contributed by atoms with Gasteiger partial charge in [0.2, 0.25) is 5.60 Å². The monoisotopic (exact) mass is 555 g/mol. The summed E-state index contributed by atoms with van der Waals surface area (Å²) in [7, 11) is 0. The van der Waals surface area contributed by atoms with E-state index in [1.165, 1.54) is 12.3 Å². The molecule has 38 heavy (non-hydrogen) atoms. The van der Waals surface area contributed by atoms with Crippen LogP contribution in [0, 0.1) is 11.3 Å². The maximum absolute atomic E-state index is 15.9. The van der Waals surface area contributed by atoms with Gasteiger partial charge in [0.1, 0.15) is 12.4 Å². The fourth-order valence-corrected chi connectivity index (χ4v) is 4.44. The summed E-state index contributed by atoms with van der Waals surface area (Å²) < 4.78 is 33.6. The zero-order chi connectivity index (χ0) is 28.0. The molecule has 212 valence electrons. The number of anilines is 1. The first-order valence-corrected chi connectivity index (χ1v) is 13.8. The Balaban J connectivity index is 2.21. The lowest BCUT2D eigenvalue weighted by Gasteiger charge is -2.28. The third-order valence-corrected chi connectivity index (χ3v) is 6.51. The van der Waals surface area contributed by atoms with E-state index < -0.39 is 48.3 Å². The molecule has 1 aliphatic rings. The van der Waals surface area contributed by atoms with Crippen LogP contribution >= 0.6 is 11.6 Å². The van der Waals surface area contributed by atoms with Gasteiger partial charge < -0.3 is 19.9 Å². The number of nitrogens with two attached hydrogens (primary N) is 1. The molecule has 1 aromatic heterocycles. The Morgan fingerprint density at radius 2 is 1.71 bits per heavy atom. The lowest BCUT2D eigenvalue weighted by atomic mass is 9.97. The van der Waals surface area contributed by atoms with E-state index in [2.05, 4.69) is 30.1 Å². The Hall–Kier alpha value is -2.64. The molecule has 0 spiro atoms. The van der Waals surface area contributed by atoms with Crippen LogP contribution in [-0.4, -0.2) is 46.0 Å². The molecule has 0 radical (unpaired) electrons. The molecule has 0 amide bonds. The van der Waals surface area contributed by atoms with E-state index in [0.29, 0.717) is 12.8 Å². The average molecular weight is 556 g/mol. The van der Waals surface area contributed by atoms with Crippen molar-refractivity contribution >= 4 is 29.4 Å². The zero-order valence-electron chi connectivity index (χ0n) is 22.3. The Bertz CT molecular complexity index is 1030. The quantitative estimate of drug-likeness (QED) is 0.175. The van der Waals surface area contributed by atoms with Crippen molar-refractivity contribution in [3.63, 3.8) is 0 Å². The van der Waals surface area contributed by atoms with Crippen molar-refractivity contribution in [2.45, 2.75) is 115 Å². The van der Waals surface area contributed by atoms with Gasteiger partial charge in [0.05, 0.1) is 0 Å². The van der Waals surface area contributed by atoms with Crippen LogP contribution in [0.5, 0.6) is 0 Å². The molecule has 1 fully saturated rings. The molecule has 11 heteroatoms. The molecule has 1 aromatic rings. The van der Waals surface area contributed by atoms with Crippen LogP contribution in [0.2, 0.25) is 0 Å². The van der Waals surface area contributed by atoms with Gasteiger partial charge in [0, 0.05) is 24.4 Å². The van der Waals surface area contributed by atoms with E-state index in [1.807, 2.05) is 0 Å². The topological polar surface area (TPSA) is 123 Å². The van der Waals surface area contributed by atoms with E-state index in [9.17, 15) is 14.4 Å². The second-order valence-corrected chi connectivity index (χ2v) is 9.69. The average Bonchev–Trinajstić information content (AvgIpc) is 3.14. The van der Waals surface area contributed by atoms with Gasteiger partial charge in [0.25, 0.3) is 0 Å². The van der Waals surface area contributed by atoms with Crippen molar-refractivity contribution in [1.29, 1.82) is 0 Å². The van der Waals surface area contributed by atoms with Gasteiger partial charge in [-0.3, -0.25) is 14.2 Å². The van der Waals surface area contributed by atoms with Crippen LogP contribution < -0.4 is 11.4 Å². The lowest BCUT2D eigenvalue weighted by molar-refractivity contribution is -0.167. The van der Waals surface area contributed by atoms with Gasteiger partial charge in [-0.25, -0.2) is 9.18 Å². The van der Waals surface area contributed by atoms with Gasteiger partial charge in [-0.2, -0.15) is 4.98 Å². The number of esters is 2. The number of aromatic nitrogens is 2. The number of carbonyl (C=O) groups is 2. The van der Waals surface area contributed by atoms with Gasteiger partial charge in [0.15, 0.2) is 18.5 Å². The summed E-state index contributed by atoms with van der Waals surface area (Å²) in [5.74, 6) is 1.32. The molecule has 2 rings (SSSR count). The largest absolute Gasteiger partial charge is 0.461 e. The van der Waals surface area contributed by atoms with E-state index in [-0.39, 0.29) is 18.7 Å². The van der Waals surface area contributed by atoms with Crippen LogP contribution in [-0.2, 0) is 23.8 Å². The molecule has 9 nitrogen and oxygen atoms in total. The highest BCUT2D eigenvalue weighted by molar-refractivity contribution is 6.30. The Kier molecular flexibility index (Phi) is 13.6. The number of ether oxygens (including phenoxy) is 3. The number of nitrogens with zero attached hydrogens (tertiary/aromatic N) is 2. The van der Waals surface area contributed by atoms with Crippen molar-refractivity contribution in [2.24, 2.45) is 0 Å². The molecular weight excluding hydrogens is 517 g/mol. The number of rotatable bonds is 16. The highest BCUT2D eigenvalue weighted by Gasteiger charge is 2.59. The van der Waals surface area contributed by atoms with Gasteiger partial charge in [-0.15, -0.1) is 0 Å². The minimum absolute atomic E-state index is 0.0506. The molecule has 1 saturated heterocycles. The first kappa shape index (κ1) is 31.6. The second kappa shape index (κ2) is 16.4. The normalized spacial score (nSPS) is 22.5. The van der Waals surface area contributed by atoms with E-state index in [0.717, 1.165) is 55.9 Å². The van der Waals surface area contributed by atoms with Crippen molar-refractivity contribution in [1.82, 2.24) is 9.55 Å². The number of carbonyl (C=O) groups excluding carboxylic acids is 2. The number of alkyl halides is 1. The van der Waals surface area contributed by atoms with Crippen molar-refractivity contribution < 1.29 is 28.2 Å². The number of hydrogen-bond donors (Lipinski definition) is 1. The maximum Gasteiger partial charge on any atom is 0.351 e. The molecule has 1 unspecified atom stereocenters. The molecular formula is C27H39ClFN3O6. The summed E-state index contributed by atoms with van der Waals surface area (Å²) in [5, 5.41) is 2.15. The molecule has 2 N–H and O–H groups in total. The zero-order valence-corrected chi connectivity index (χ0v) is 23.0. The smallest absolute Gasteiger partial charge is 0.351 e. The van der Waals surface area contributed by atoms with Crippen molar-refractivity contribution in [3.8, 4) is 11.3 Å². The predicted octanol–water partition coefficient (Wildman–Crippen LogP) is 4.81. The van der Waals surface area contributed by atoms with Crippen LogP contribution in [0.1, 0.15) is 97.1 Å². The van der Waals surface area contributed by atoms with E-state index >= 15 is 4.39 Å². The van der Waals surface area contributed by atoms with Gasteiger partial charge in [-0.1, -0.05) is 65.2 Å². The molecule has 4 atom stereocenters. The number of halogens is 2. The summed E-state index contributed by atoms with van der Waals surface area (Å²) in [4.78, 5) is 41.1. The third kappa shape index (κ3) is 9.28. The second-order valence-electron chi connectivity index (χ2n) is 9.50. The molecule has 0 bridgehead atoms. The summed E-state index contributed by atoms with van der Waals surface area (Å²) in [6.07, 6.45) is 5.47. The van der Waals surface area contributed by atoms with Crippen LogP contribution in [0.25, 0.3) is 0 Å². The minimum atomic E-state index is -2.03. The van der Waals surface area contributed by atoms with Crippen LogP contribution in [0.15, 0.2) is 17.1 Å². The highest BCUT2D eigenvalue weighted by atomic mass is 35.5. The maximum atomic E-state index is 15.9. The van der Waals surface area contributed by atoms with Gasteiger partial charge >= 0.3 is 17.6 Å². The molecule has 0 saturated carbocycles. The third-order valence-electron chi connectivity index (χ3n) is 6.41. The Morgan fingerprint density at radius 1 is 1.11 bits per heavy atom. The predicted molar refractivity (Wildman–Crippen MR) is 142 cm³/mol. The lowest BCUT2D eigenvalue weighted by Crippen LogP contribution is -2.48. The number of unbranched alkanes of at least 4 members (excludes halogenated alkanes) is 8. The molecule has 0 aliphatic carbocycles. The van der Waals surface area contributed by atoms with Crippen molar-refractivity contribution in [3.05, 3.63) is 22.7 Å². The molecule has 0 aromatic carbocycles. The summed E-state index contributed by atoms with van der Waals surface area (Å²) in [5.41, 5.74) is 2.76. The summed E-state index contributed by atoms with van der Waals surface area (Å²) >= 11 is 5.70. The van der Waals surface area contributed by atoms with Crippen LogP contribution in [0.3, 0.4) is 0 Å². The Labute approximate surface area is 228 Å². The molecule has 1 aliphatic heterocycles. The number of hydrogen-bond acceptors (Lipinski definition) is 8. The van der Waals surface area contributed by atoms with Crippen LogP contribution in [0.4, 0.5) is 10.2 Å². The van der Waals surface area contributed by atoms with Crippen molar-refractivity contribution in [2.75, 3.05) is 12.3 Å². The number of nitrogen functional groups attached to an aromatic ring is 1. The minimum Gasteiger partial charge on any atom is -0.461 e. The summed E-state index contributed by atoms with van der Waals surface area (Å²) in [6.45, 7) is 3.65. The van der Waals surface area contributed by atoms with Gasteiger partial charge in [-0.05, 0) is 36.4 Å². The van der Waals surface area contributed by atoms with E-state index in [4.69, 9.17) is 31.5 Å². The highest BCUT2D eigenvalue weighted by Crippen LogP contribution is 2.41. The van der Waals surface area contributed by atoms with E-state index in [1.54, 1.807) is 0 Å². The standard InChI is InChI=1S/C27H39ClFN3O6/c1-3-5-7-9-11-13-21(33)36-19-27(16-17-28)24(37-22(34)14-12-10-8-6-4-2)23(29)25(38-27)32-18-15-20(30)31-26(32)35/h15,18,23-25H,3-14,19H2,1-2H3,(H2,30,31,35)/t23-,24+,25-,27?/m1/s1. The fourth-order valence-electron chi connectivity index (χ4n) is 4.28. The Morgan fingerprint density at radius 3 is 2.29 bits per heavy atom.